The van der Waals surface area contributed by atoms with Crippen LogP contribution in [0.5, 0.6) is 11.5 Å². The predicted molar refractivity (Wildman–Crippen MR) is 120 cm³/mol. The normalized spacial score (nSPS) is 11.4. The van der Waals surface area contributed by atoms with Gasteiger partial charge >= 0.3 is 0 Å². The second-order valence-electron chi connectivity index (χ2n) is 8.52. The Kier molecular flexibility index (Phi) is 6.15. The number of hydrogen-bond donors (Lipinski definition) is 1. The number of aromatic nitrogens is 1. The van der Waals surface area contributed by atoms with Crippen LogP contribution in [-0.4, -0.2) is 24.7 Å². The number of carbonyl (C=O) groups is 1. The highest BCUT2D eigenvalue weighted by Gasteiger charge is 2.15. The van der Waals surface area contributed by atoms with Crippen LogP contribution in [-0.2, 0) is 17.8 Å². The number of methoxy groups -OCH3 is 2. The molecule has 0 aliphatic carbocycles. The van der Waals surface area contributed by atoms with Crippen molar-refractivity contribution in [2.24, 2.45) is 5.41 Å². The summed E-state index contributed by atoms with van der Waals surface area (Å²) >= 11 is 0. The van der Waals surface area contributed by atoms with Gasteiger partial charge in [-0.1, -0.05) is 26.8 Å². The number of carbonyl (C=O) groups excluding carboxylic acids is 1. The SMILES string of the molecule is COc1cc(CC(=O)Nc2cccc3c(=O)n(CC(C)(C)C)ccc23)cc(OC)c1. The number of anilines is 1. The molecule has 1 aromatic heterocycles. The lowest BCUT2D eigenvalue weighted by molar-refractivity contribution is -0.115. The fourth-order valence-corrected chi connectivity index (χ4v) is 3.41. The lowest BCUT2D eigenvalue weighted by Crippen LogP contribution is -2.26. The number of hydrogen-bond acceptors (Lipinski definition) is 4. The van der Waals surface area contributed by atoms with E-state index < -0.39 is 0 Å². The molecule has 0 bridgehead atoms. The second kappa shape index (κ2) is 8.61. The standard InChI is InChI=1S/C24H28N2O4/c1-24(2,3)15-26-10-9-19-20(23(26)28)7-6-8-21(19)25-22(27)13-16-11-17(29-4)14-18(12-16)30-5/h6-12,14H,13,15H2,1-5H3,(H,25,27). The van der Waals surface area contributed by atoms with Crippen LogP contribution in [0.4, 0.5) is 5.69 Å². The van der Waals surface area contributed by atoms with E-state index in [9.17, 15) is 9.59 Å². The number of benzene rings is 2. The summed E-state index contributed by atoms with van der Waals surface area (Å²) in [4.78, 5) is 25.6. The van der Waals surface area contributed by atoms with Gasteiger partial charge in [0.05, 0.1) is 20.6 Å². The predicted octanol–water partition coefficient (Wildman–Crippen LogP) is 4.25. The van der Waals surface area contributed by atoms with Gasteiger partial charge in [-0.25, -0.2) is 0 Å². The van der Waals surface area contributed by atoms with Gasteiger partial charge in [-0.05, 0) is 41.3 Å². The summed E-state index contributed by atoms with van der Waals surface area (Å²) in [6.45, 7) is 6.89. The molecule has 0 atom stereocenters. The van der Waals surface area contributed by atoms with Crippen LogP contribution in [0.1, 0.15) is 26.3 Å². The monoisotopic (exact) mass is 408 g/mol. The van der Waals surface area contributed by atoms with E-state index >= 15 is 0 Å². The molecule has 2 aromatic carbocycles. The molecular weight excluding hydrogens is 380 g/mol. The Morgan fingerprint density at radius 2 is 1.67 bits per heavy atom. The zero-order valence-electron chi connectivity index (χ0n) is 18.1. The van der Waals surface area contributed by atoms with Crippen molar-refractivity contribution < 1.29 is 14.3 Å². The summed E-state index contributed by atoms with van der Waals surface area (Å²) in [5.74, 6) is 1.07. The van der Waals surface area contributed by atoms with Crippen molar-refractivity contribution in [1.82, 2.24) is 4.57 Å². The molecule has 0 fully saturated rings. The zero-order chi connectivity index (χ0) is 21.9. The molecule has 0 aliphatic rings. The van der Waals surface area contributed by atoms with Gasteiger partial charge in [0.25, 0.3) is 5.56 Å². The molecule has 0 spiro atoms. The molecule has 1 heterocycles. The first-order valence-electron chi connectivity index (χ1n) is 9.84. The van der Waals surface area contributed by atoms with Crippen molar-refractivity contribution in [3.8, 4) is 11.5 Å². The minimum atomic E-state index is -0.184. The van der Waals surface area contributed by atoms with E-state index in [1.807, 2.05) is 6.07 Å². The first-order valence-corrected chi connectivity index (χ1v) is 9.84. The summed E-state index contributed by atoms with van der Waals surface area (Å²) in [6, 6.07) is 12.6. The van der Waals surface area contributed by atoms with E-state index in [-0.39, 0.29) is 23.3 Å². The van der Waals surface area contributed by atoms with Crippen molar-refractivity contribution in [2.75, 3.05) is 19.5 Å². The van der Waals surface area contributed by atoms with E-state index in [1.54, 1.807) is 61.4 Å². The van der Waals surface area contributed by atoms with Crippen LogP contribution in [0, 0.1) is 5.41 Å². The molecule has 3 rings (SSSR count). The summed E-state index contributed by atoms with van der Waals surface area (Å²) in [7, 11) is 3.14. The highest BCUT2D eigenvalue weighted by Crippen LogP contribution is 2.25. The molecule has 0 saturated carbocycles. The molecule has 6 nitrogen and oxygen atoms in total. The van der Waals surface area contributed by atoms with Gasteiger partial charge in [0.15, 0.2) is 0 Å². The van der Waals surface area contributed by atoms with Crippen LogP contribution >= 0.6 is 0 Å². The number of amides is 1. The number of ether oxygens (including phenoxy) is 2. The molecule has 1 N–H and O–H groups in total. The topological polar surface area (TPSA) is 69.6 Å². The maximum Gasteiger partial charge on any atom is 0.258 e. The number of nitrogens with zero attached hydrogens (tertiary/aromatic N) is 1. The van der Waals surface area contributed by atoms with E-state index in [2.05, 4.69) is 26.1 Å². The van der Waals surface area contributed by atoms with Crippen LogP contribution < -0.4 is 20.3 Å². The van der Waals surface area contributed by atoms with Gasteiger partial charge in [0.1, 0.15) is 11.5 Å². The lowest BCUT2D eigenvalue weighted by atomic mass is 9.96. The summed E-state index contributed by atoms with van der Waals surface area (Å²) in [6.07, 6.45) is 1.95. The Balaban J connectivity index is 1.86. The lowest BCUT2D eigenvalue weighted by Gasteiger charge is -2.20. The third-order valence-electron chi connectivity index (χ3n) is 4.71. The Hall–Kier alpha value is -3.28. The molecule has 3 aromatic rings. The van der Waals surface area contributed by atoms with Crippen molar-refractivity contribution in [3.63, 3.8) is 0 Å². The number of pyridine rings is 1. The van der Waals surface area contributed by atoms with Crippen molar-refractivity contribution in [3.05, 3.63) is 64.6 Å². The largest absolute Gasteiger partial charge is 0.497 e. The first-order chi connectivity index (χ1) is 14.2. The minimum Gasteiger partial charge on any atom is -0.497 e. The molecule has 1 amide bonds. The Labute approximate surface area is 176 Å². The summed E-state index contributed by atoms with van der Waals surface area (Å²) in [5, 5.41) is 4.25. The molecule has 0 radical (unpaired) electrons. The van der Waals surface area contributed by atoms with Gasteiger partial charge in [-0.3, -0.25) is 9.59 Å². The quantitative estimate of drug-likeness (QED) is 0.662. The van der Waals surface area contributed by atoms with Crippen LogP contribution in [0.2, 0.25) is 0 Å². The fourth-order valence-electron chi connectivity index (χ4n) is 3.41. The average Bonchev–Trinajstić information content (AvgIpc) is 2.69. The second-order valence-corrected chi connectivity index (χ2v) is 8.52. The molecule has 0 unspecified atom stereocenters. The van der Waals surface area contributed by atoms with Crippen LogP contribution in [0.25, 0.3) is 10.8 Å². The van der Waals surface area contributed by atoms with Crippen LogP contribution in [0.3, 0.4) is 0 Å². The van der Waals surface area contributed by atoms with Crippen molar-refractivity contribution in [2.45, 2.75) is 33.7 Å². The van der Waals surface area contributed by atoms with E-state index in [1.165, 1.54) is 0 Å². The van der Waals surface area contributed by atoms with Crippen LogP contribution in [0.15, 0.2) is 53.5 Å². The van der Waals surface area contributed by atoms with Gasteiger partial charge in [-0.2, -0.15) is 0 Å². The van der Waals surface area contributed by atoms with Gasteiger partial charge in [-0.15, -0.1) is 0 Å². The number of fused-ring (bicyclic) bond motifs is 1. The zero-order valence-corrected chi connectivity index (χ0v) is 18.1. The molecule has 30 heavy (non-hydrogen) atoms. The Bertz CT molecular complexity index is 1100. The number of rotatable bonds is 6. The summed E-state index contributed by atoms with van der Waals surface area (Å²) in [5.41, 5.74) is 1.32. The molecular formula is C24H28N2O4. The van der Waals surface area contributed by atoms with E-state index in [0.717, 1.165) is 10.9 Å². The molecule has 158 valence electrons. The minimum absolute atomic E-state index is 0.0128. The molecule has 0 aliphatic heterocycles. The number of nitrogens with one attached hydrogen (secondary N) is 1. The molecule has 6 heteroatoms. The Morgan fingerprint density at radius 3 is 2.27 bits per heavy atom. The maximum atomic E-state index is 12.9. The van der Waals surface area contributed by atoms with Gasteiger partial charge in [0.2, 0.25) is 5.91 Å². The van der Waals surface area contributed by atoms with E-state index in [0.29, 0.717) is 29.1 Å². The van der Waals surface area contributed by atoms with Gasteiger partial charge < -0.3 is 19.4 Å². The average molecular weight is 408 g/mol. The third-order valence-corrected chi connectivity index (χ3v) is 4.71. The highest BCUT2D eigenvalue weighted by molar-refractivity contribution is 6.02. The fraction of sp³-hybridized carbons (Fsp3) is 0.333. The maximum absolute atomic E-state index is 12.9. The van der Waals surface area contributed by atoms with Crippen molar-refractivity contribution in [1.29, 1.82) is 0 Å². The molecule has 0 saturated heterocycles. The van der Waals surface area contributed by atoms with Gasteiger partial charge in [0, 0.05) is 35.3 Å². The van der Waals surface area contributed by atoms with Crippen molar-refractivity contribution >= 4 is 22.4 Å². The first kappa shape index (κ1) is 21.4. The smallest absolute Gasteiger partial charge is 0.258 e. The summed E-state index contributed by atoms with van der Waals surface area (Å²) < 4.78 is 12.2. The Morgan fingerprint density at radius 1 is 1.00 bits per heavy atom. The highest BCUT2D eigenvalue weighted by atomic mass is 16.5. The van der Waals surface area contributed by atoms with E-state index in [4.69, 9.17) is 9.47 Å². The third kappa shape index (κ3) is 5.00.